The molecule has 0 amide bonds. The van der Waals surface area contributed by atoms with E-state index in [0.29, 0.717) is 0 Å². The van der Waals surface area contributed by atoms with E-state index in [9.17, 15) is 8.42 Å². The highest BCUT2D eigenvalue weighted by Gasteiger charge is 2.20. The number of aryl methyl sites for hydroxylation is 1. The van der Waals surface area contributed by atoms with Crippen molar-refractivity contribution >= 4 is 16.0 Å². The average molecular weight is 394 g/mol. The van der Waals surface area contributed by atoms with Crippen LogP contribution in [0.1, 0.15) is 12.8 Å². The molecule has 1 fully saturated rings. The van der Waals surface area contributed by atoms with Crippen molar-refractivity contribution in [2.75, 3.05) is 51.7 Å². The van der Waals surface area contributed by atoms with Gasteiger partial charge in [0.15, 0.2) is 0 Å². The number of aromatic nitrogens is 4. The predicted octanol–water partition coefficient (Wildman–Crippen LogP) is 0.526. The summed E-state index contributed by atoms with van der Waals surface area (Å²) >= 11 is 0. The van der Waals surface area contributed by atoms with E-state index in [4.69, 9.17) is 0 Å². The van der Waals surface area contributed by atoms with Gasteiger partial charge in [-0.15, -0.1) is 0 Å². The van der Waals surface area contributed by atoms with Crippen molar-refractivity contribution in [1.82, 2.24) is 29.0 Å². The fourth-order valence-electron chi connectivity index (χ4n) is 3.05. The molecule has 3 heterocycles. The maximum absolute atomic E-state index is 12.1. The molecule has 0 spiro atoms. The second-order valence-corrected chi connectivity index (χ2v) is 8.96. The molecule has 2 aromatic heterocycles. The number of hydrogen-bond acceptors (Lipinski definition) is 7. The second-order valence-electron chi connectivity index (χ2n) is 6.81. The lowest BCUT2D eigenvalue weighted by molar-refractivity contribution is 0.249. The molecule has 27 heavy (non-hydrogen) atoms. The van der Waals surface area contributed by atoms with Gasteiger partial charge in [0.2, 0.25) is 16.0 Å². The van der Waals surface area contributed by atoms with Crippen LogP contribution in [0.15, 0.2) is 35.7 Å². The molecule has 0 radical (unpaired) electrons. The Hall–Kier alpha value is -2.04. The molecule has 148 valence electrons. The van der Waals surface area contributed by atoms with Gasteiger partial charge in [-0.2, -0.15) is 5.10 Å². The van der Waals surface area contributed by atoms with Crippen LogP contribution in [0.25, 0.3) is 0 Å². The predicted molar refractivity (Wildman–Crippen MR) is 103 cm³/mol. The van der Waals surface area contributed by atoms with Crippen LogP contribution in [0.5, 0.6) is 0 Å². The Labute approximate surface area is 160 Å². The molecule has 0 unspecified atom stereocenters. The minimum Gasteiger partial charge on any atom is -0.338 e. The lowest BCUT2D eigenvalue weighted by Gasteiger charge is -2.34. The minimum absolute atomic E-state index is 0.242. The van der Waals surface area contributed by atoms with Crippen LogP contribution in [-0.2, 0) is 16.6 Å². The van der Waals surface area contributed by atoms with Crippen LogP contribution in [-0.4, -0.2) is 84.2 Å². The zero-order chi connectivity index (χ0) is 19.3. The molecule has 0 aromatic carbocycles. The first-order valence-corrected chi connectivity index (χ1v) is 10.6. The van der Waals surface area contributed by atoms with E-state index >= 15 is 0 Å². The first-order valence-electron chi connectivity index (χ1n) is 9.16. The molecule has 1 aliphatic heterocycles. The van der Waals surface area contributed by atoms with Crippen molar-refractivity contribution in [3.8, 4) is 0 Å². The fraction of sp³-hybridized carbons (Fsp3) is 0.588. The van der Waals surface area contributed by atoms with Gasteiger partial charge in [-0.3, -0.25) is 9.58 Å². The number of hydrogen-bond donors (Lipinski definition) is 0. The van der Waals surface area contributed by atoms with Crippen molar-refractivity contribution in [2.24, 2.45) is 0 Å². The molecule has 0 N–H and O–H groups in total. The highest BCUT2D eigenvalue weighted by molar-refractivity contribution is 7.89. The standard InChI is InChI=1S/C17H27N7O2S/c1-21(2)27(25,26)16-14-20-24(15-16)9-4-3-8-22-10-12-23(13-11-22)17-18-6-5-7-19-17/h5-7,14-15H,3-4,8-13H2,1-2H3. The number of nitrogens with zero attached hydrogens (tertiary/aromatic N) is 7. The van der Waals surface area contributed by atoms with Crippen LogP contribution < -0.4 is 4.90 Å². The van der Waals surface area contributed by atoms with E-state index in [1.54, 1.807) is 23.3 Å². The van der Waals surface area contributed by atoms with Crippen LogP contribution in [0.3, 0.4) is 0 Å². The third-order valence-electron chi connectivity index (χ3n) is 4.71. The van der Waals surface area contributed by atoms with Crippen LogP contribution in [0.4, 0.5) is 5.95 Å². The lowest BCUT2D eigenvalue weighted by Crippen LogP contribution is -2.47. The maximum atomic E-state index is 12.1. The Kier molecular flexibility index (Phi) is 6.40. The summed E-state index contributed by atoms with van der Waals surface area (Å²) in [5.41, 5.74) is 0. The Balaban J connectivity index is 1.37. The van der Waals surface area contributed by atoms with Crippen molar-refractivity contribution in [1.29, 1.82) is 0 Å². The van der Waals surface area contributed by atoms with Crippen LogP contribution in [0.2, 0.25) is 0 Å². The molecule has 10 heteroatoms. The van der Waals surface area contributed by atoms with E-state index in [1.165, 1.54) is 24.6 Å². The molecule has 0 atom stereocenters. The van der Waals surface area contributed by atoms with Gasteiger partial charge in [-0.05, 0) is 25.5 Å². The Bertz CT molecular complexity index is 815. The van der Waals surface area contributed by atoms with Gasteiger partial charge < -0.3 is 4.90 Å². The molecule has 1 saturated heterocycles. The molecular weight excluding hydrogens is 366 g/mol. The zero-order valence-corrected chi connectivity index (χ0v) is 16.7. The van der Waals surface area contributed by atoms with Crippen LogP contribution in [0, 0.1) is 0 Å². The van der Waals surface area contributed by atoms with E-state index in [0.717, 1.165) is 58.1 Å². The minimum atomic E-state index is -3.41. The summed E-state index contributed by atoms with van der Waals surface area (Å²) in [5.74, 6) is 0.805. The molecule has 9 nitrogen and oxygen atoms in total. The highest BCUT2D eigenvalue weighted by Crippen LogP contribution is 2.13. The summed E-state index contributed by atoms with van der Waals surface area (Å²) in [6.45, 7) is 5.65. The third kappa shape index (κ3) is 5.02. The van der Waals surface area contributed by atoms with Gasteiger partial charge in [-0.25, -0.2) is 22.7 Å². The van der Waals surface area contributed by atoms with Gasteiger partial charge in [0.05, 0.1) is 6.20 Å². The largest absolute Gasteiger partial charge is 0.338 e. The zero-order valence-electron chi connectivity index (χ0n) is 15.9. The van der Waals surface area contributed by atoms with Crippen LogP contribution >= 0.6 is 0 Å². The van der Waals surface area contributed by atoms with E-state index < -0.39 is 10.0 Å². The van der Waals surface area contributed by atoms with Gasteiger partial charge in [0, 0.05) is 65.4 Å². The Morgan fingerprint density at radius 1 is 1.04 bits per heavy atom. The van der Waals surface area contributed by atoms with Crippen molar-refractivity contribution in [3.05, 3.63) is 30.9 Å². The summed E-state index contributed by atoms with van der Waals surface area (Å²) < 4.78 is 27.0. The smallest absolute Gasteiger partial charge is 0.245 e. The number of piperazine rings is 1. The molecule has 0 saturated carbocycles. The van der Waals surface area contributed by atoms with E-state index in [1.807, 2.05) is 6.07 Å². The fourth-order valence-corrected chi connectivity index (χ4v) is 3.90. The van der Waals surface area contributed by atoms with Crippen molar-refractivity contribution in [3.63, 3.8) is 0 Å². The molecule has 2 aromatic rings. The van der Waals surface area contributed by atoms with Gasteiger partial charge in [0.25, 0.3) is 0 Å². The number of unbranched alkanes of at least 4 members (excludes halogenated alkanes) is 1. The summed E-state index contributed by atoms with van der Waals surface area (Å²) in [7, 11) is -0.357. The van der Waals surface area contributed by atoms with Crippen molar-refractivity contribution in [2.45, 2.75) is 24.3 Å². The van der Waals surface area contributed by atoms with Gasteiger partial charge in [-0.1, -0.05) is 0 Å². The highest BCUT2D eigenvalue weighted by atomic mass is 32.2. The average Bonchev–Trinajstić information content (AvgIpc) is 3.16. The first kappa shape index (κ1) is 19.7. The lowest BCUT2D eigenvalue weighted by atomic mass is 10.2. The normalized spacial score (nSPS) is 16.2. The van der Waals surface area contributed by atoms with Gasteiger partial charge >= 0.3 is 0 Å². The summed E-state index contributed by atoms with van der Waals surface area (Å²) in [5, 5.41) is 4.17. The SMILES string of the molecule is CN(C)S(=O)(=O)c1cnn(CCCCN2CCN(c3ncccn3)CC2)c1. The molecule has 3 rings (SSSR count). The summed E-state index contributed by atoms with van der Waals surface area (Å²) in [4.78, 5) is 13.5. The first-order chi connectivity index (χ1) is 13.0. The van der Waals surface area contributed by atoms with E-state index in [2.05, 4.69) is 24.9 Å². The molecular formula is C17H27N7O2S. The number of rotatable bonds is 8. The summed E-state index contributed by atoms with van der Waals surface area (Å²) in [6.07, 6.45) is 8.59. The number of sulfonamides is 1. The second kappa shape index (κ2) is 8.77. The van der Waals surface area contributed by atoms with Crippen molar-refractivity contribution < 1.29 is 8.42 Å². The van der Waals surface area contributed by atoms with Gasteiger partial charge in [0.1, 0.15) is 4.90 Å². The topological polar surface area (TPSA) is 87.5 Å². The quantitative estimate of drug-likeness (QED) is 0.605. The Morgan fingerprint density at radius 3 is 2.37 bits per heavy atom. The Morgan fingerprint density at radius 2 is 1.70 bits per heavy atom. The molecule has 1 aliphatic rings. The molecule has 0 bridgehead atoms. The third-order valence-corrected chi connectivity index (χ3v) is 6.47. The maximum Gasteiger partial charge on any atom is 0.245 e. The van der Waals surface area contributed by atoms with E-state index in [-0.39, 0.29) is 4.90 Å². The summed E-state index contributed by atoms with van der Waals surface area (Å²) in [6, 6.07) is 1.83. The molecule has 0 aliphatic carbocycles. The number of anilines is 1. The monoisotopic (exact) mass is 393 g/mol.